The van der Waals surface area contributed by atoms with Crippen LogP contribution in [-0.2, 0) is 24.7 Å². The first-order chi connectivity index (χ1) is 20.2. The molecule has 3 aromatic carbocycles. The Bertz CT molecular complexity index is 1290. The van der Waals surface area contributed by atoms with E-state index in [2.05, 4.69) is 24.3 Å². The molecule has 0 bridgehead atoms. The van der Waals surface area contributed by atoms with Crippen molar-refractivity contribution in [3.63, 3.8) is 0 Å². The molecule has 1 unspecified atom stereocenters. The normalized spacial score (nSPS) is 16.7. The number of hydrogen-bond donors (Lipinski definition) is 0. The summed E-state index contributed by atoms with van der Waals surface area (Å²) in [5.41, 5.74) is 1.69. The van der Waals surface area contributed by atoms with E-state index in [1.54, 1.807) is 0 Å². The Morgan fingerprint density at radius 3 is 1.74 bits per heavy atom. The Morgan fingerprint density at radius 2 is 1.17 bits per heavy atom. The van der Waals surface area contributed by atoms with E-state index in [0.717, 1.165) is 11.1 Å². The summed E-state index contributed by atoms with van der Waals surface area (Å²) in [6, 6.07) is 25.8. The molecule has 1 aliphatic rings. The average Bonchev–Trinajstić information content (AvgIpc) is 2.98. The summed E-state index contributed by atoms with van der Waals surface area (Å²) in [6.07, 6.45) is 11.4. The van der Waals surface area contributed by atoms with Crippen LogP contribution in [0, 0.1) is 0 Å². The number of rotatable bonds is 8. The standard InChI is InChI=1S/C37H45ClO4/c1-36(2,3)41-34(39)26-27-35(40)42-37(30-18-12-9-13-19-30,32-20-14-15-21-33(32)38)31-24-22-29(23-25-31)28-16-10-7-5-4-6-8-11-17-28/h9,12-15,18-25,28H,4-8,10-11,16-17,26-27H2,1-3H3. The van der Waals surface area contributed by atoms with Crippen LogP contribution >= 0.6 is 11.6 Å². The number of ether oxygens (including phenoxy) is 2. The third kappa shape index (κ3) is 8.47. The van der Waals surface area contributed by atoms with Gasteiger partial charge in [0.05, 0.1) is 12.8 Å². The minimum Gasteiger partial charge on any atom is -0.460 e. The first kappa shape index (κ1) is 31.8. The third-order valence-corrected chi connectivity index (χ3v) is 8.38. The van der Waals surface area contributed by atoms with E-state index in [-0.39, 0.29) is 12.8 Å². The Hall–Kier alpha value is -3.11. The Morgan fingerprint density at radius 1 is 0.667 bits per heavy atom. The van der Waals surface area contributed by atoms with Crippen LogP contribution < -0.4 is 0 Å². The summed E-state index contributed by atoms with van der Waals surface area (Å²) in [6.45, 7) is 5.43. The van der Waals surface area contributed by atoms with Crippen LogP contribution in [0.4, 0.5) is 0 Å². The van der Waals surface area contributed by atoms with Gasteiger partial charge < -0.3 is 9.47 Å². The maximum Gasteiger partial charge on any atom is 0.307 e. The lowest BCUT2D eigenvalue weighted by Gasteiger charge is -2.36. The summed E-state index contributed by atoms with van der Waals surface area (Å²) in [5, 5.41) is 0.498. The lowest BCUT2D eigenvalue weighted by molar-refractivity contribution is -0.161. The van der Waals surface area contributed by atoms with Crippen LogP contribution in [0.25, 0.3) is 0 Å². The molecule has 1 aliphatic carbocycles. The van der Waals surface area contributed by atoms with Gasteiger partial charge in [-0.25, -0.2) is 0 Å². The van der Waals surface area contributed by atoms with Crippen LogP contribution in [0.15, 0.2) is 78.9 Å². The number of carbonyl (C=O) groups is 2. The van der Waals surface area contributed by atoms with E-state index in [1.165, 1.54) is 63.4 Å². The fourth-order valence-electron chi connectivity index (χ4n) is 6.02. The Kier molecular flexibility index (Phi) is 11.3. The lowest BCUT2D eigenvalue weighted by Crippen LogP contribution is -2.36. The fourth-order valence-corrected chi connectivity index (χ4v) is 6.29. The van der Waals surface area contributed by atoms with Gasteiger partial charge in [0, 0.05) is 21.7 Å². The first-order valence-corrected chi connectivity index (χ1v) is 15.9. The van der Waals surface area contributed by atoms with Gasteiger partial charge in [0.15, 0.2) is 5.60 Å². The molecule has 1 atom stereocenters. The smallest absolute Gasteiger partial charge is 0.307 e. The molecule has 0 amide bonds. The highest BCUT2D eigenvalue weighted by Crippen LogP contribution is 2.44. The highest BCUT2D eigenvalue weighted by atomic mass is 35.5. The summed E-state index contributed by atoms with van der Waals surface area (Å²) >= 11 is 6.84. The van der Waals surface area contributed by atoms with Crippen molar-refractivity contribution >= 4 is 23.5 Å². The number of benzene rings is 3. The largest absolute Gasteiger partial charge is 0.460 e. The first-order valence-electron chi connectivity index (χ1n) is 15.5. The topological polar surface area (TPSA) is 52.6 Å². The van der Waals surface area contributed by atoms with E-state index in [9.17, 15) is 9.59 Å². The molecule has 1 fully saturated rings. The maximum atomic E-state index is 13.5. The van der Waals surface area contributed by atoms with Crippen molar-refractivity contribution in [3.8, 4) is 0 Å². The quantitative estimate of drug-likeness (QED) is 0.194. The number of hydrogen-bond acceptors (Lipinski definition) is 4. The van der Waals surface area contributed by atoms with Crippen LogP contribution in [0.3, 0.4) is 0 Å². The second kappa shape index (κ2) is 14.9. The van der Waals surface area contributed by atoms with Crippen molar-refractivity contribution in [3.05, 3.63) is 106 Å². The summed E-state index contributed by atoms with van der Waals surface area (Å²) in [4.78, 5) is 25.9. The number of carbonyl (C=O) groups excluding carboxylic acids is 2. The van der Waals surface area contributed by atoms with E-state index < -0.39 is 23.1 Å². The predicted octanol–water partition coefficient (Wildman–Crippen LogP) is 9.91. The van der Waals surface area contributed by atoms with Gasteiger partial charge in [-0.1, -0.05) is 129 Å². The van der Waals surface area contributed by atoms with Crippen LogP contribution in [0.2, 0.25) is 5.02 Å². The Balaban J connectivity index is 1.72. The van der Waals surface area contributed by atoms with Crippen molar-refractivity contribution < 1.29 is 19.1 Å². The molecule has 3 aromatic rings. The molecule has 4 rings (SSSR count). The lowest BCUT2D eigenvalue weighted by atomic mass is 9.78. The molecule has 5 heteroatoms. The van der Waals surface area contributed by atoms with Gasteiger partial charge >= 0.3 is 11.9 Å². The zero-order valence-electron chi connectivity index (χ0n) is 25.4. The third-order valence-electron chi connectivity index (χ3n) is 8.05. The molecular formula is C37H45ClO4. The van der Waals surface area contributed by atoms with Crippen molar-refractivity contribution in [2.45, 2.75) is 109 Å². The van der Waals surface area contributed by atoms with Crippen LogP contribution in [0.5, 0.6) is 0 Å². The average molecular weight is 589 g/mol. The highest BCUT2D eigenvalue weighted by Gasteiger charge is 2.42. The van der Waals surface area contributed by atoms with Crippen molar-refractivity contribution in [1.29, 1.82) is 0 Å². The minimum atomic E-state index is -1.29. The summed E-state index contributed by atoms with van der Waals surface area (Å²) < 4.78 is 11.9. The number of esters is 2. The van der Waals surface area contributed by atoms with E-state index in [0.29, 0.717) is 16.5 Å². The van der Waals surface area contributed by atoms with Gasteiger partial charge in [-0.05, 0) is 51.2 Å². The van der Waals surface area contributed by atoms with E-state index in [1.807, 2.05) is 75.4 Å². The van der Waals surface area contributed by atoms with Crippen LogP contribution in [-0.4, -0.2) is 17.5 Å². The van der Waals surface area contributed by atoms with Crippen molar-refractivity contribution in [2.75, 3.05) is 0 Å². The molecule has 0 aromatic heterocycles. The van der Waals surface area contributed by atoms with Gasteiger partial charge in [-0.15, -0.1) is 0 Å². The summed E-state index contributed by atoms with van der Waals surface area (Å²) in [5.74, 6) is -0.404. The zero-order chi connectivity index (χ0) is 30.0. The van der Waals surface area contributed by atoms with Crippen molar-refractivity contribution in [2.24, 2.45) is 0 Å². The van der Waals surface area contributed by atoms with Gasteiger partial charge in [0.25, 0.3) is 0 Å². The second-order valence-electron chi connectivity index (χ2n) is 12.5. The minimum absolute atomic E-state index is 0.0654. The molecule has 1 saturated carbocycles. The molecule has 0 radical (unpaired) electrons. The van der Waals surface area contributed by atoms with Crippen LogP contribution in [0.1, 0.15) is 120 Å². The molecule has 4 nitrogen and oxygen atoms in total. The van der Waals surface area contributed by atoms with Crippen molar-refractivity contribution in [1.82, 2.24) is 0 Å². The number of halogens is 1. The molecule has 0 saturated heterocycles. The van der Waals surface area contributed by atoms with E-state index >= 15 is 0 Å². The van der Waals surface area contributed by atoms with Gasteiger partial charge in [-0.3, -0.25) is 9.59 Å². The zero-order valence-corrected chi connectivity index (χ0v) is 26.1. The molecular weight excluding hydrogens is 544 g/mol. The van der Waals surface area contributed by atoms with Gasteiger partial charge in [0.1, 0.15) is 5.60 Å². The fraction of sp³-hybridized carbons (Fsp3) is 0.459. The molecule has 0 spiro atoms. The monoisotopic (exact) mass is 588 g/mol. The molecule has 224 valence electrons. The molecule has 0 aliphatic heterocycles. The van der Waals surface area contributed by atoms with Gasteiger partial charge in [0.2, 0.25) is 0 Å². The molecule has 0 N–H and O–H groups in total. The summed E-state index contributed by atoms with van der Waals surface area (Å²) in [7, 11) is 0. The predicted molar refractivity (Wildman–Crippen MR) is 170 cm³/mol. The van der Waals surface area contributed by atoms with Gasteiger partial charge in [-0.2, -0.15) is 0 Å². The second-order valence-corrected chi connectivity index (χ2v) is 12.9. The maximum absolute atomic E-state index is 13.5. The SMILES string of the molecule is CC(C)(C)OC(=O)CCC(=O)OC(c1ccccc1)(c1ccc(C2CCCCCCCCC2)cc1)c1ccccc1Cl. The highest BCUT2D eigenvalue weighted by molar-refractivity contribution is 6.31. The van der Waals surface area contributed by atoms with E-state index in [4.69, 9.17) is 21.1 Å². The Labute approximate surface area is 256 Å². The molecule has 0 heterocycles. The molecule has 42 heavy (non-hydrogen) atoms.